The Bertz CT molecular complexity index is 862. The second-order valence-electron chi connectivity index (χ2n) is 6.56. The van der Waals surface area contributed by atoms with Crippen LogP contribution in [0.5, 0.6) is 11.5 Å². The number of carbonyl (C=O) groups is 2. The number of rotatable bonds is 8. The number of carbonyl (C=O) groups excluding carboxylic acids is 2. The van der Waals surface area contributed by atoms with E-state index in [4.69, 9.17) is 18.9 Å². The van der Waals surface area contributed by atoms with Crippen molar-refractivity contribution in [2.45, 2.75) is 6.92 Å². The Morgan fingerprint density at radius 1 is 1.07 bits per heavy atom. The van der Waals surface area contributed by atoms with E-state index in [1.54, 1.807) is 50.4 Å². The molecule has 160 valence electrons. The van der Waals surface area contributed by atoms with Crippen molar-refractivity contribution >= 4 is 23.3 Å². The van der Waals surface area contributed by atoms with E-state index in [0.29, 0.717) is 49.1 Å². The van der Waals surface area contributed by atoms with Crippen LogP contribution >= 0.6 is 0 Å². The van der Waals surface area contributed by atoms with E-state index in [9.17, 15) is 9.59 Å². The van der Waals surface area contributed by atoms with Gasteiger partial charge in [-0.15, -0.1) is 0 Å². The number of benzene rings is 2. The minimum Gasteiger partial charge on any atom is -0.497 e. The van der Waals surface area contributed by atoms with Crippen LogP contribution in [0.25, 0.3) is 0 Å². The van der Waals surface area contributed by atoms with Gasteiger partial charge in [-0.1, -0.05) is 0 Å². The number of morpholine rings is 1. The molecule has 2 aromatic carbocycles. The van der Waals surface area contributed by atoms with E-state index in [-0.39, 0.29) is 19.1 Å². The fraction of sp³-hybridized carbons (Fsp3) is 0.364. The Labute approximate surface area is 175 Å². The Kier molecular flexibility index (Phi) is 7.51. The van der Waals surface area contributed by atoms with Gasteiger partial charge in [0, 0.05) is 18.8 Å². The van der Waals surface area contributed by atoms with Gasteiger partial charge in [-0.2, -0.15) is 0 Å². The Morgan fingerprint density at radius 3 is 2.43 bits per heavy atom. The summed E-state index contributed by atoms with van der Waals surface area (Å²) < 4.78 is 21.2. The summed E-state index contributed by atoms with van der Waals surface area (Å²) in [6.45, 7) is 4.45. The molecule has 1 heterocycles. The molecule has 0 saturated carbocycles. The monoisotopic (exact) mass is 414 g/mol. The molecular weight excluding hydrogens is 388 g/mol. The molecule has 1 aliphatic rings. The Hall–Kier alpha value is -3.26. The summed E-state index contributed by atoms with van der Waals surface area (Å²) in [5.41, 5.74) is 1.68. The lowest BCUT2D eigenvalue weighted by atomic mass is 10.1. The van der Waals surface area contributed by atoms with E-state index in [0.717, 1.165) is 5.69 Å². The zero-order chi connectivity index (χ0) is 21.3. The number of methoxy groups -OCH3 is 1. The number of hydrogen-bond donors (Lipinski definition) is 1. The van der Waals surface area contributed by atoms with Gasteiger partial charge in [0.05, 0.1) is 38.2 Å². The molecule has 0 bridgehead atoms. The molecule has 1 amide bonds. The molecule has 0 aliphatic carbocycles. The first kappa shape index (κ1) is 21.4. The summed E-state index contributed by atoms with van der Waals surface area (Å²) in [7, 11) is 1.58. The first-order valence-corrected chi connectivity index (χ1v) is 9.81. The molecule has 0 radical (unpaired) electrons. The standard InChI is InChI=1S/C22H26N2O6/c1-3-29-22(26)19-14-16(4-9-20(19)24-10-12-28-13-11-24)23-21(25)15-30-18-7-5-17(27-2)6-8-18/h4-9,14H,3,10-13,15H2,1-2H3,(H,23,25). The van der Waals surface area contributed by atoms with Gasteiger partial charge in [-0.25, -0.2) is 4.79 Å². The van der Waals surface area contributed by atoms with E-state index in [1.807, 2.05) is 6.07 Å². The molecule has 8 heteroatoms. The number of hydrogen-bond acceptors (Lipinski definition) is 7. The van der Waals surface area contributed by atoms with Crippen molar-refractivity contribution in [3.05, 3.63) is 48.0 Å². The van der Waals surface area contributed by atoms with Gasteiger partial charge in [0.25, 0.3) is 5.91 Å². The third-order valence-electron chi connectivity index (χ3n) is 4.56. The second kappa shape index (κ2) is 10.5. The molecular formula is C22H26N2O6. The SMILES string of the molecule is CCOC(=O)c1cc(NC(=O)COc2ccc(OC)cc2)ccc1N1CCOCC1. The van der Waals surface area contributed by atoms with Gasteiger partial charge in [-0.3, -0.25) is 4.79 Å². The number of ether oxygens (including phenoxy) is 4. The lowest BCUT2D eigenvalue weighted by Crippen LogP contribution is -2.37. The summed E-state index contributed by atoms with van der Waals surface area (Å²) in [6.07, 6.45) is 0. The predicted molar refractivity (Wildman–Crippen MR) is 113 cm³/mol. The van der Waals surface area contributed by atoms with Crippen LogP contribution in [0.1, 0.15) is 17.3 Å². The average Bonchev–Trinajstić information content (AvgIpc) is 2.79. The number of nitrogens with one attached hydrogen (secondary N) is 1. The van der Waals surface area contributed by atoms with Gasteiger partial charge in [-0.05, 0) is 49.4 Å². The van der Waals surface area contributed by atoms with Gasteiger partial charge in [0.2, 0.25) is 0 Å². The number of amides is 1. The third kappa shape index (κ3) is 5.64. The van der Waals surface area contributed by atoms with E-state index >= 15 is 0 Å². The van der Waals surface area contributed by atoms with Crippen molar-refractivity contribution < 1.29 is 28.5 Å². The summed E-state index contributed by atoms with van der Waals surface area (Å²) in [4.78, 5) is 26.9. The fourth-order valence-corrected chi connectivity index (χ4v) is 3.08. The first-order valence-electron chi connectivity index (χ1n) is 9.81. The molecule has 8 nitrogen and oxygen atoms in total. The molecule has 0 aromatic heterocycles. The molecule has 0 atom stereocenters. The highest BCUT2D eigenvalue weighted by atomic mass is 16.5. The molecule has 1 saturated heterocycles. The van der Waals surface area contributed by atoms with Crippen LogP contribution < -0.4 is 19.7 Å². The lowest BCUT2D eigenvalue weighted by Gasteiger charge is -2.30. The second-order valence-corrected chi connectivity index (χ2v) is 6.56. The topological polar surface area (TPSA) is 86.3 Å². The van der Waals surface area contributed by atoms with Crippen LogP contribution in [0.15, 0.2) is 42.5 Å². The molecule has 1 aliphatic heterocycles. The highest BCUT2D eigenvalue weighted by Gasteiger charge is 2.20. The number of nitrogens with zero attached hydrogens (tertiary/aromatic N) is 1. The van der Waals surface area contributed by atoms with Gasteiger partial charge < -0.3 is 29.2 Å². The van der Waals surface area contributed by atoms with E-state index < -0.39 is 5.97 Å². The van der Waals surface area contributed by atoms with E-state index in [2.05, 4.69) is 10.2 Å². The fourth-order valence-electron chi connectivity index (χ4n) is 3.08. The highest BCUT2D eigenvalue weighted by Crippen LogP contribution is 2.26. The molecule has 2 aromatic rings. The van der Waals surface area contributed by atoms with Crippen molar-refractivity contribution in [1.29, 1.82) is 0 Å². The Morgan fingerprint density at radius 2 is 1.77 bits per heavy atom. The van der Waals surface area contributed by atoms with Crippen molar-refractivity contribution in [2.24, 2.45) is 0 Å². The number of anilines is 2. The summed E-state index contributed by atoms with van der Waals surface area (Å²) in [5.74, 6) is 0.504. The highest BCUT2D eigenvalue weighted by molar-refractivity contribution is 5.99. The molecule has 30 heavy (non-hydrogen) atoms. The molecule has 1 N–H and O–H groups in total. The van der Waals surface area contributed by atoms with Crippen molar-refractivity contribution in [1.82, 2.24) is 0 Å². The van der Waals surface area contributed by atoms with Crippen molar-refractivity contribution in [2.75, 3.05) is 56.8 Å². The minimum absolute atomic E-state index is 0.160. The zero-order valence-corrected chi connectivity index (χ0v) is 17.2. The van der Waals surface area contributed by atoms with Gasteiger partial charge in [0.1, 0.15) is 11.5 Å². The summed E-state index contributed by atoms with van der Waals surface area (Å²) in [6, 6.07) is 12.2. The molecule has 0 spiro atoms. The third-order valence-corrected chi connectivity index (χ3v) is 4.56. The van der Waals surface area contributed by atoms with Crippen LogP contribution in [0, 0.1) is 0 Å². The van der Waals surface area contributed by atoms with Crippen LogP contribution in [-0.4, -0.2) is 58.5 Å². The van der Waals surface area contributed by atoms with E-state index in [1.165, 1.54) is 0 Å². The van der Waals surface area contributed by atoms with Crippen LogP contribution in [0.4, 0.5) is 11.4 Å². The largest absolute Gasteiger partial charge is 0.497 e. The first-order chi connectivity index (χ1) is 14.6. The maximum Gasteiger partial charge on any atom is 0.340 e. The Balaban J connectivity index is 1.67. The van der Waals surface area contributed by atoms with Crippen molar-refractivity contribution in [3.63, 3.8) is 0 Å². The van der Waals surface area contributed by atoms with Crippen LogP contribution in [-0.2, 0) is 14.3 Å². The summed E-state index contributed by atoms with van der Waals surface area (Å²) in [5, 5.41) is 2.76. The average molecular weight is 414 g/mol. The number of esters is 1. The van der Waals surface area contributed by atoms with Crippen molar-refractivity contribution in [3.8, 4) is 11.5 Å². The molecule has 0 unspecified atom stereocenters. The molecule has 1 fully saturated rings. The molecule has 3 rings (SSSR count). The zero-order valence-electron chi connectivity index (χ0n) is 17.2. The summed E-state index contributed by atoms with van der Waals surface area (Å²) >= 11 is 0. The normalized spacial score (nSPS) is 13.5. The lowest BCUT2D eigenvalue weighted by molar-refractivity contribution is -0.118. The predicted octanol–water partition coefficient (Wildman–Crippen LogP) is 2.73. The van der Waals surface area contributed by atoms with Gasteiger partial charge >= 0.3 is 5.97 Å². The smallest absolute Gasteiger partial charge is 0.340 e. The maximum atomic E-state index is 12.5. The quantitative estimate of drug-likeness (QED) is 0.665. The minimum atomic E-state index is -0.426. The van der Waals surface area contributed by atoms with Crippen LogP contribution in [0.2, 0.25) is 0 Å². The maximum absolute atomic E-state index is 12.5. The van der Waals surface area contributed by atoms with Gasteiger partial charge in [0.15, 0.2) is 6.61 Å². The van der Waals surface area contributed by atoms with Crippen LogP contribution in [0.3, 0.4) is 0 Å².